The van der Waals surface area contributed by atoms with E-state index in [9.17, 15) is 18.0 Å². The van der Waals surface area contributed by atoms with Gasteiger partial charge in [-0.1, -0.05) is 0 Å². The quantitative estimate of drug-likeness (QED) is 0.607. The largest absolute Gasteiger partial charge is 0.497 e. The summed E-state index contributed by atoms with van der Waals surface area (Å²) >= 11 is 0. The van der Waals surface area contributed by atoms with Crippen molar-refractivity contribution in [2.45, 2.75) is 30.3 Å². The van der Waals surface area contributed by atoms with Crippen LogP contribution < -0.4 is 19.7 Å². The Kier molecular flexibility index (Phi) is 6.96. The monoisotopic (exact) mass is 473 g/mol. The molecule has 2 aromatic rings. The summed E-state index contributed by atoms with van der Waals surface area (Å²) in [5.41, 5.74) is 1.18. The van der Waals surface area contributed by atoms with E-state index in [-0.39, 0.29) is 42.3 Å². The van der Waals surface area contributed by atoms with E-state index in [0.29, 0.717) is 23.7 Å². The molecule has 33 heavy (non-hydrogen) atoms. The number of benzene rings is 2. The molecular weight excluding hydrogens is 446 g/mol. The van der Waals surface area contributed by atoms with Crippen LogP contribution in [0.5, 0.6) is 5.75 Å². The van der Waals surface area contributed by atoms with E-state index in [1.807, 2.05) is 0 Å². The van der Waals surface area contributed by atoms with Gasteiger partial charge in [0.2, 0.25) is 21.8 Å². The van der Waals surface area contributed by atoms with Crippen molar-refractivity contribution in [1.82, 2.24) is 4.72 Å². The van der Waals surface area contributed by atoms with Crippen LogP contribution in [-0.4, -0.2) is 53.1 Å². The summed E-state index contributed by atoms with van der Waals surface area (Å²) in [6.45, 7) is 1.17. The van der Waals surface area contributed by atoms with Crippen molar-refractivity contribution in [1.29, 1.82) is 0 Å². The molecular formula is C23H27N3O6S. The fraction of sp³-hybridized carbons (Fsp3) is 0.391. The van der Waals surface area contributed by atoms with Crippen molar-refractivity contribution in [3.05, 3.63) is 48.5 Å². The Labute approximate surface area is 193 Å². The first kappa shape index (κ1) is 23.2. The van der Waals surface area contributed by atoms with Crippen LogP contribution in [0.4, 0.5) is 11.4 Å². The van der Waals surface area contributed by atoms with Crippen LogP contribution in [0.3, 0.4) is 0 Å². The number of rotatable bonds is 8. The number of carbonyl (C=O) groups is 2. The van der Waals surface area contributed by atoms with Gasteiger partial charge in [0, 0.05) is 37.5 Å². The molecule has 2 aliphatic rings. The third kappa shape index (κ3) is 5.52. The second kappa shape index (κ2) is 9.90. The average Bonchev–Trinajstić information content (AvgIpc) is 3.48. The molecule has 0 unspecified atom stereocenters. The van der Waals surface area contributed by atoms with E-state index >= 15 is 0 Å². The molecule has 0 spiro atoms. The SMILES string of the molecule is COc1ccc(N2C[C@@H](C(=O)Nc3ccc(S(=O)(=O)NC[C@H]4CCCO4)cc3)CC2=O)cc1. The van der Waals surface area contributed by atoms with E-state index in [0.717, 1.165) is 12.8 Å². The molecule has 2 N–H and O–H groups in total. The van der Waals surface area contributed by atoms with E-state index < -0.39 is 15.9 Å². The smallest absolute Gasteiger partial charge is 0.240 e. The Bertz CT molecular complexity index is 1100. The molecule has 0 bridgehead atoms. The third-order valence-corrected chi connectivity index (χ3v) is 7.28. The van der Waals surface area contributed by atoms with Crippen LogP contribution in [0.15, 0.2) is 53.4 Å². The molecule has 2 aromatic carbocycles. The molecule has 0 aromatic heterocycles. The lowest BCUT2D eigenvalue weighted by Crippen LogP contribution is -2.31. The predicted octanol–water partition coefficient (Wildman–Crippen LogP) is 2.14. The normalized spacial score (nSPS) is 20.8. The summed E-state index contributed by atoms with van der Waals surface area (Å²) in [4.78, 5) is 26.8. The van der Waals surface area contributed by atoms with Crippen molar-refractivity contribution in [3.8, 4) is 5.75 Å². The van der Waals surface area contributed by atoms with Gasteiger partial charge >= 0.3 is 0 Å². The van der Waals surface area contributed by atoms with Crippen LogP contribution in [0.25, 0.3) is 0 Å². The second-order valence-corrected chi connectivity index (χ2v) is 9.87. The minimum atomic E-state index is -3.66. The summed E-state index contributed by atoms with van der Waals surface area (Å²) in [6.07, 6.45) is 1.79. The van der Waals surface area contributed by atoms with Gasteiger partial charge in [-0.05, 0) is 61.4 Å². The molecule has 2 saturated heterocycles. The molecule has 0 radical (unpaired) electrons. The van der Waals surface area contributed by atoms with E-state index in [4.69, 9.17) is 9.47 Å². The number of amides is 2. The zero-order valence-electron chi connectivity index (χ0n) is 18.3. The van der Waals surface area contributed by atoms with E-state index in [1.54, 1.807) is 36.3 Å². The van der Waals surface area contributed by atoms with Gasteiger partial charge in [0.25, 0.3) is 0 Å². The van der Waals surface area contributed by atoms with E-state index in [1.165, 1.54) is 24.3 Å². The maximum atomic E-state index is 12.7. The third-order valence-electron chi connectivity index (χ3n) is 5.84. The Balaban J connectivity index is 1.34. The first-order valence-corrected chi connectivity index (χ1v) is 12.3. The number of carbonyl (C=O) groups excluding carboxylic acids is 2. The van der Waals surface area contributed by atoms with Gasteiger partial charge in [-0.15, -0.1) is 0 Å². The van der Waals surface area contributed by atoms with Crippen LogP contribution in [0, 0.1) is 5.92 Å². The number of nitrogens with zero attached hydrogens (tertiary/aromatic N) is 1. The lowest BCUT2D eigenvalue weighted by atomic mass is 10.1. The molecule has 10 heteroatoms. The number of anilines is 2. The Morgan fingerprint density at radius 1 is 1.15 bits per heavy atom. The van der Waals surface area contributed by atoms with Crippen molar-refractivity contribution in [3.63, 3.8) is 0 Å². The molecule has 2 heterocycles. The summed E-state index contributed by atoms with van der Waals surface area (Å²) in [5.74, 6) is -0.228. The molecule has 2 amide bonds. The number of hydrogen-bond acceptors (Lipinski definition) is 6. The minimum Gasteiger partial charge on any atom is -0.497 e. The van der Waals surface area contributed by atoms with Gasteiger partial charge in [-0.25, -0.2) is 13.1 Å². The summed E-state index contributed by atoms with van der Waals surface area (Å²) < 4.78 is 38.1. The standard InChI is InChI=1S/C23H27N3O6S/c1-31-19-8-6-18(7-9-19)26-15-16(13-22(26)27)23(28)25-17-4-10-21(11-5-17)33(29,30)24-14-20-3-2-12-32-20/h4-11,16,20,24H,2-3,12-15H2,1H3,(H,25,28)/t16-,20+/m0/s1. The number of ether oxygens (including phenoxy) is 2. The van der Waals surface area contributed by atoms with Gasteiger partial charge in [0.05, 0.1) is 24.0 Å². The number of hydrogen-bond donors (Lipinski definition) is 2. The first-order valence-electron chi connectivity index (χ1n) is 10.8. The Hall–Kier alpha value is -2.95. The fourth-order valence-electron chi connectivity index (χ4n) is 3.95. The van der Waals surface area contributed by atoms with Crippen LogP contribution in [0.2, 0.25) is 0 Å². The van der Waals surface area contributed by atoms with Crippen molar-refractivity contribution < 1.29 is 27.5 Å². The average molecular weight is 474 g/mol. The highest BCUT2D eigenvalue weighted by Gasteiger charge is 2.35. The molecule has 9 nitrogen and oxygen atoms in total. The highest BCUT2D eigenvalue weighted by atomic mass is 32.2. The topological polar surface area (TPSA) is 114 Å². The zero-order valence-corrected chi connectivity index (χ0v) is 19.1. The van der Waals surface area contributed by atoms with E-state index in [2.05, 4.69) is 10.0 Å². The zero-order chi connectivity index (χ0) is 23.4. The van der Waals surface area contributed by atoms with Crippen LogP contribution >= 0.6 is 0 Å². The van der Waals surface area contributed by atoms with Gasteiger partial charge in [0.15, 0.2) is 0 Å². The molecule has 4 rings (SSSR count). The minimum absolute atomic E-state index is 0.0926. The first-order chi connectivity index (χ1) is 15.9. The van der Waals surface area contributed by atoms with Crippen LogP contribution in [-0.2, 0) is 24.3 Å². The molecule has 2 aliphatic heterocycles. The van der Waals surface area contributed by atoms with Gasteiger partial charge in [0.1, 0.15) is 5.75 Å². The lowest BCUT2D eigenvalue weighted by Gasteiger charge is -2.17. The number of sulfonamides is 1. The Morgan fingerprint density at radius 2 is 1.88 bits per heavy atom. The highest BCUT2D eigenvalue weighted by molar-refractivity contribution is 7.89. The number of methoxy groups -OCH3 is 1. The van der Waals surface area contributed by atoms with Crippen molar-refractivity contribution in [2.24, 2.45) is 5.92 Å². The second-order valence-electron chi connectivity index (χ2n) is 8.10. The lowest BCUT2D eigenvalue weighted by molar-refractivity contribution is -0.122. The van der Waals surface area contributed by atoms with Gasteiger partial charge in [-0.3, -0.25) is 9.59 Å². The maximum Gasteiger partial charge on any atom is 0.240 e. The Morgan fingerprint density at radius 3 is 2.52 bits per heavy atom. The molecule has 2 fully saturated rings. The molecule has 2 atom stereocenters. The van der Waals surface area contributed by atoms with Gasteiger partial charge in [-0.2, -0.15) is 0 Å². The molecule has 0 aliphatic carbocycles. The predicted molar refractivity (Wildman–Crippen MR) is 123 cm³/mol. The molecule has 0 saturated carbocycles. The summed E-state index contributed by atoms with van der Waals surface area (Å²) in [5, 5.41) is 2.78. The van der Waals surface area contributed by atoms with Crippen molar-refractivity contribution in [2.75, 3.05) is 37.0 Å². The number of nitrogens with one attached hydrogen (secondary N) is 2. The van der Waals surface area contributed by atoms with Crippen LogP contribution in [0.1, 0.15) is 19.3 Å². The highest BCUT2D eigenvalue weighted by Crippen LogP contribution is 2.27. The van der Waals surface area contributed by atoms with Crippen molar-refractivity contribution >= 4 is 33.2 Å². The summed E-state index contributed by atoms with van der Waals surface area (Å²) in [7, 11) is -2.09. The fourth-order valence-corrected chi connectivity index (χ4v) is 5.01. The summed E-state index contributed by atoms with van der Waals surface area (Å²) in [6, 6.07) is 13.1. The maximum absolute atomic E-state index is 12.7. The molecule has 176 valence electrons. The van der Waals surface area contributed by atoms with Gasteiger partial charge < -0.3 is 19.7 Å².